The third kappa shape index (κ3) is 5.69. The van der Waals surface area contributed by atoms with Gasteiger partial charge in [-0.15, -0.1) is 0 Å². The van der Waals surface area contributed by atoms with Crippen LogP contribution in [0.3, 0.4) is 0 Å². The minimum atomic E-state index is -3.35. The van der Waals surface area contributed by atoms with Crippen molar-refractivity contribution in [2.75, 3.05) is 5.43 Å². The quantitative estimate of drug-likeness (QED) is 0.624. The first kappa shape index (κ1) is 20.2. The molecular weight excluding hydrogens is 406 g/mol. The van der Waals surface area contributed by atoms with E-state index in [2.05, 4.69) is 31.5 Å². The number of carbonyl (C=O) groups excluding carboxylic acids is 1. The number of sulfonamides is 1. The van der Waals surface area contributed by atoms with Gasteiger partial charge in [0, 0.05) is 16.4 Å². The third-order valence-corrected chi connectivity index (χ3v) is 7.18. The molecule has 6 nitrogen and oxygen atoms in total. The molecule has 0 saturated heterocycles. The zero-order chi connectivity index (χ0) is 18.7. The van der Waals surface area contributed by atoms with Gasteiger partial charge in [-0.25, -0.2) is 13.1 Å². The predicted octanol–water partition coefficient (Wildman–Crippen LogP) is 3.17. The molecule has 0 unspecified atom stereocenters. The van der Waals surface area contributed by atoms with Gasteiger partial charge in [0.05, 0.1) is 10.4 Å². The Morgan fingerprint density at radius 1 is 1.08 bits per heavy atom. The van der Waals surface area contributed by atoms with Gasteiger partial charge >= 0.3 is 0 Å². The number of halogens is 1. The maximum absolute atomic E-state index is 12.3. The highest BCUT2D eigenvalue weighted by Gasteiger charge is 2.34. The Labute approximate surface area is 158 Å². The summed E-state index contributed by atoms with van der Waals surface area (Å²) in [6.07, 6.45) is 2.69. The molecule has 1 aromatic carbocycles. The molecule has 1 amide bonds. The van der Waals surface area contributed by atoms with Crippen molar-refractivity contribution in [1.82, 2.24) is 10.1 Å². The smallest absolute Gasteiger partial charge is 0.241 e. The predicted molar refractivity (Wildman–Crippen MR) is 103 cm³/mol. The van der Waals surface area contributed by atoms with Gasteiger partial charge in [0.25, 0.3) is 0 Å². The van der Waals surface area contributed by atoms with Gasteiger partial charge in [0.2, 0.25) is 15.9 Å². The molecular formula is C17H26BrN3O3S. The van der Waals surface area contributed by atoms with Crippen LogP contribution in [0.1, 0.15) is 46.5 Å². The first-order chi connectivity index (χ1) is 11.6. The van der Waals surface area contributed by atoms with Gasteiger partial charge in [-0.05, 0) is 70.7 Å². The van der Waals surface area contributed by atoms with Gasteiger partial charge in [-0.3, -0.25) is 15.6 Å². The van der Waals surface area contributed by atoms with Crippen LogP contribution < -0.4 is 15.6 Å². The van der Waals surface area contributed by atoms with Crippen molar-refractivity contribution in [2.24, 2.45) is 5.92 Å². The zero-order valence-corrected chi connectivity index (χ0v) is 17.2. The lowest BCUT2D eigenvalue weighted by Crippen LogP contribution is -2.47. The van der Waals surface area contributed by atoms with Crippen molar-refractivity contribution in [3.63, 3.8) is 0 Å². The molecule has 1 aliphatic rings. The van der Waals surface area contributed by atoms with Crippen LogP contribution in [0.25, 0.3) is 0 Å². The Balaban J connectivity index is 1.79. The maximum Gasteiger partial charge on any atom is 0.241 e. The molecule has 2 rings (SSSR count). The Morgan fingerprint density at radius 3 is 2.16 bits per heavy atom. The summed E-state index contributed by atoms with van der Waals surface area (Å²) in [4.78, 5) is 12.3. The van der Waals surface area contributed by atoms with Crippen molar-refractivity contribution in [1.29, 1.82) is 0 Å². The molecule has 1 saturated carbocycles. The molecule has 0 heterocycles. The van der Waals surface area contributed by atoms with E-state index in [0.717, 1.165) is 10.2 Å². The standard InChI is InChI=1S/C17H26BrN3O3S/c1-17(2,3)25(23,24)21-15-8-4-12(5-9-15)16(22)20-19-14-10-6-13(18)7-11-14/h6-7,10-12,15,19,21H,4-5,8-9H2,1-3H3,(H,20,22). The number of hydrogen-bond donors (Lipinski definition) is 3. The van der Waals surface area contributed by atoms with Crippen molar-refractivity contribution in [2.45, 2.75) is 57.2 Å². The van der Waals surface area contributed by atoms with E-state index in [0.29, 0.717) is 25.7 Å². The van der Waals surface area contributed by atoms with Gasteiger partial charge in [0.15, 0.2) is 0 Å². The first-order valence-electron chi connectivity index (χ1n) is 8.42. The summed E-state index contributed by atoms with van der Waals surface area (Å²) in [5.41, 5.74) is 6.45. The second-order valence-corrected chi connectivity index (χ2v) is 10.8. The van der Waals surface area contributed by atoms with Crippen LogP contribution in [0.5, 0.6) is 0 Å². The van der Waals surface area contributed by atoms with E-state index in [4.69, 9.17) is 0 Å². The fourth-order valence-corrected chi connectivity index (χ4v) is 3.93. The van der Waals surface area contributed by atoms with E-state index in [-0.39, 0.29) is 17.9 Å². The van der Waals surface area contributed by atoms with Crippen molar-refractivity contribution in [3.8, 4) is 0 Å². The number of anilines is 1. The van der Waals surface area contributed by atoms with Crippen molar-refractivity contribution >= 4 is 37.5 Å². The molecule has 0 radical (unpaired) electrons. The van der Waals surface area contributed by atoms with Gasteiger partial charge in [-0.1, -0.05) is 15.9 Å². The van der Waals surface area contributed by atoms with Gasteiger partial charge in [0.1, 0.15) is 0 Å². The maximum atomic E-state index is 12.3. The number of rotatable bonds is 5. The Bertz CT molecular complexity index is 691. The lowest BCUT2D eigenvalue weighted by molar-refractivity contribution is -0.125. The number of hydrogen-bond acceptors (Lipinski definition) is 4. The largest absolute Gasteiger partial charge is 0.299 e. The van der Waals surface area contributed by atoms with Gasteiger partial charge < -0.3 is 0 Å². The van der Waals surface area contributed by atoms with Crippen LogP contribution >= 0.6 is 15.9 Å². The van der Waals surface area contributed by atoms with Crippen LogP contribution in [0.4, 0.5) is 5.69 Å². The summed E-state index contributed by atoms with van der Waals surface area (Å²) < 4.78 is 27.4. The van der Waals surface area contributed by atoms with Crippen LogP contribution in [0.15, 0.2) is 28.7 Å². The molecule has 25 heavy (non-hydrogen) atoms. The average Bonchev–Trinajstić information content (AvgIpc) is 2.53. The van der Waals surface area contributed by atoms with Crippen molar-refractivity contribution < 1.29 is 13.2 Å². The molecule has 140 valence electrons. The monoisotopic (exact) mass is 431 g/mol. The topological polar surface area (TPSA) is 87.3 Å². The highest BCUT2D eigenvalue weighted by molar-refractivity contribution is 9.10. The SMILES string of the molecule is CC(C)(C)S(=O)(=O)NC1CCC(C(=O)NNc2ccc(Br)cc2)CC1. The molecule has 1 fully saturated rings. The highest BCUT2D eigenvalue weighted by Crippen LogP contribution is 2.26. The molecule has 0 aromatic heterocycles. The van der Waals surface area contributed by atoms with E-state index in [9.17, 15) is 13.2 Å². The third-order valence-electron chi connectivity index (χ3n) is 4.40. The summed E-state index contributed by atoms with van der Waals surface area (Å²) in [6, 6.07) is 7.42. The minimum absolute atomic E-state index is 0.0555. The molecule has 1 aromatic rings. The van der Waals surface area contributed by atoms with E-state index in [1.54, 1.807) is 20.8 Å². The van der Waals surface area contributed by atoms with Crippen LogP contribution in [0, 0.1) is 5.92 Å². The number of carbonyl (C=O) groups is 1. The lowest BCUT2D eigenvalue weighted by atomic mass is 9.86. The van der Waals surface area contributed by atoms with E-state index >= 15 is 0 Å². The highest BCUT2D eigenvalue weighted by atomic mass is 79.9. The van der Waals surface area contributed by atoms with Crippen molar-refractivity contribution in [3.05, 3.63) is 28.7 Å². The summed E-state index contributed by atoms with van der Waals surface area (Å²) in [5, 5.41) is 0. The minimum Gasteiger partial charge on any atom is -0.299 e. The fourth-order valence-electron chi connectivity index (χ4n) is 2.64. The normalized spacial score (nSPS) is 21.6. The second-order valence-electron chi connectivity index (χ2n) is 7.40. The number of amides is 1. The lowest BCUT2D eigenvalue weighted by Gasteiger charge is -2.30. The second kappa shape index (κ2) is 8.05. The van der Waals surface area contributed by atoms with Crippen LogP contribution in [0.2, 0.25) is 0 Å². The fraction of sp³-hybridized carbons (Fsp3) is 0.588. The van der Waals surface area contributed by atoms with Crippen LogP contribution in [-0.2, 0) is 14.8 Å². The molecule has 0 bridgehead atoms. The summed E-state index contributed by atoms with van der Waals surface area (Å²) >= 11 is 3.36. The molecule has 0 atom stereocenters. The zero-order valence-electron chi connectivity index (χ0n) is 14.8. The Morgan fingerprint density at radius 2 is 1.64 bits per heavy atom. The number of hydrazine groups is 1. The van der Waals surface area contributed by atoms with E-state index in [1.807, 2.05) is 24.3 Å². The summed E-state index contributed by atoms with van der Waals surface area (Å²) in [6.45, 7) is 5.05. The Hall–Kier alpha value is -1.12. The Kier molecular flexibility index (Phi) is 6.51. The average molecular weight is 432 g/mol. The summed E-state index contributed by atoms with van der Waals surface area (Å²) in [5.74, 6) is -0.154. The molecule has 1 aliphatic carbocycles. The van der Waals surface area contributed by atoms with E-state index in [1.165, 1.54) is 0 Å². The summed E-state index contributed by atoms with van der Waals surface area (Å²) in [7, 11) is -3.35. The molecule has 3 N–H and O–H groups in total. The number of benzene rings is 1. The van der Waals surface area contributed by atoms with E-state index < -0.39 is 14.8 Å². The first-order valence-corrected chi connectivity index (χ1v) is 10.7. The van der Waals surface area contributed by atoms with Gasteiger partial charge in [-0.2, -0.15) is 0 Å². The molecule has 0 spiro atoms. The van der Waals surface area contributed by atoms with Crippen LogP contribution in [-0.4, -0.2) is 25.1 Å². The molecule has 8 heteroatoms. The molecule has 0 aliphatic heterocycles. The number of nitrogens with one attached hydrogen (secondary N) is 3.